The maximum Gasteiger partial charge on any atom is 0.147 e. The standard InChI is InChI=1S/C15H9BrClFOS/c16-11-5-1-3-8-10(7-20-15(8)11)14(19)9-4-2-6-12(17)13(9)18/h1-7,14,19H. The van der Waals surface area contributed by atoms with Gasteiger partial charge < -0.3 is 5.11 Å². The monoisotopic (exact) mass is 370 g/mol. The third-order valence-electron chi connectivity index (χ3n) is 3.15. The molecule has 1 atom stereocenters. The summed E-state index contributed by atoms with van der Waals surface area (Å²) in [6.07, 6.45) is -1.03. The Kier molecular flexibility index (Phi) is 3.82. The molecule has 1 heterocycles. The Hall–Kier alpha value is -0.940. The molecule has 102 valence electrons. The number of rotatable bonds is 2. The van der Waals surface area contributed by atoms with Gasteiger partial charge in [0, 0.05) is 20.3 Å². The molecule has 0 spiro atoms. The second-order valence-corrected chi connectivity index (χ2v) is 6.49. The summed E-state index contributed by atoms with van der Waals surface area (Å²) in [5.74, 6) is -0.573. The lowest BCUT2D eigenvalue weighted by molar-refractivity contribution is 0.217. The number of halogens is 3. The smallest absolute Gasteiger partial charge is 0.147 e. The molecule has 0 aliphatic carbocycles. The summed E-state index contributed by atoms with van der Waals surface area (Å²) in [5, 5.41) is 13.2. The number of benzene rings is 2. The molecule has 0 amide bonds. The molecule has 0 aliphatic rings. The third-order valence-corrected chi connectivity index (χ3v) is 5.41. The molecule has 1 nitrogen and oxygen atoms in total. The molecule has 0 radical (unpaired) electrons. The Morgan fingerprint density at radius 1 is 1.15 bits per heavy atom. The van der Waals surface area contributed by atoms with Crippen molar-refractivity contribution < 1.29 is 9.50 Å². The lowest BCUT2D eigenvalue weighted by atomic mass is 10.0. The predicted molar refractivity (Wildman–Crippen MR) is 85.0 cm³/mol. The average molecular weight is 372 g/mol. The summed E-state index contributed by atoms with van der Waals surface area (Å²) in [5.41, 5.74) is 0.879. The zero-order valence-corrected chi connectivity index (χ0v) is 13.3. The number of aliphatic hydroxyl groups excluding tert-OH is 1. The van der Waals surface area contributed by atoms with Crippen LogP contribution in [0.4, 0.5) is 4.39 Å². The van der Waals surface area contributed by atoms with Gasteiger partial charge in [-0.1, -0.05) is 35.9 Å². The quantitative estimate of drug-likeness (QED) is 0.627. The van der Waals surface area contributed by atoms with Gasteiger partial charge in [-0.05, 0) is 38.8 Å². The second kappa shape index (κ2) is 5.45. The van der Waals surface area contributed by atoms with Crippen LogP contribution in [0, 0.1) is 5.82 Å². The van der Waals surface area contributed by atoms with Crippen molar-refractivity contribution in [2.75, 3.05) is 0 Å². The minimum Gasteiger partial charge on any atom is -0.383 e. The van der Waals surface area contributed by atoms with Gasteiger partial charge in [0.25, 0.3) is 0 Å². The van der Waals surface area contributed by atoms with Crippen molar-refractivity contribution in [2.24, 2.45) is 0 Å². The first kappa shape index (κ1) is 14.0. The van der Waals surface area contributed by atoms with Gasteiger partial charge in [0.2, 0.25) is 0 Å². The van der Waals surface area contributed by atoms with Crippen LogP contribution in [-0.2, 0) is 0 Å². The number of thiophene rings is 1. The maximum absolute atomic E-state index is 14.0. The topological polar surface area (TPSA) is 20.2 Å². The second-order valence-electron chi connectivity index (χ2n) is 4.35. The summed E-state index contributed by atoms with van der Waals surface area (Å²) >= 11 is 10.8. The lowest BCUT2D eigenvalue weighted by Crippen LogP contribution is -2.02. The van der Waals surface area contributed by atoms with Gasteiger partial charge in [0.1, 0.15) is 11.9 Å². The van der Waals surface area contributed by atoms with Crippen molar-refractivity contribution in [3.8, 4) is 0 Å². The van der Waals surface area contributed by atoms with Gasteiger partial charge in [-0.3, -0.25) is 0 Å². The van der Waals surface area contributed by atoms with E-state index < -0.39 is 11.9 Å². The zero-order chi connectivity index (χ0) is 14.3. The summed E-state index contributed by atoms with van der Waals surface area (Å²) in [7, 11) is 0. The van der Waals surface area contributed by atoms with Crippen molar-refractivity contribution in [3.05, 3.63) is 68.2 Å². The molecule has 0 fully saturated rings. The summed E-state index contributed by atoms with van der Waals surface area (Å²) < 4.78 is 16.0. The van der Waals surface area contributed by atoms with Crippen molar-refractivity contribution in [3.63, 3.8) is 0 Å². The van der Waals surface area contributed by atoms with Gasteiger partial charge >= 0.3 is 0 Å². The highest BCUT2D eigenvalue weighted by Crippen LogP contribution is 2.38. The molecule has 0 aliphatic heterocycles. The van der Waals surface area contributed by atoms with Gasteiger partial charge in [-0.2, -0.15) is 0 Å². The van der Waals surface area contributed by atoms with Crippen LogP contribution in [0.25, 0.3) is 10.1 Å². The first-order valence-electron chi connectivity index (χ1n) is 5.87. The van der Waals surface area contributed by atoms with Crippen LogP contribution >= 0.6 is 38.9 Å². The molecule has 2 aromatic carbocycles. The van der Waals surface area contributed by atoms with Crippen molar-refractivity contribution in [1.82, 2.24) is 0 Å². The van der Waals surface area contributed by atoms with E-state index in [0.717, 1.165) is 14.6 Å². The first-order chi connectivity index (χ1) is 9.59. The minimum absolute atomic E-state index is 0.0160. The van der Waals surface area contributed by atoms with E-state index >= 15 is 0 Å². The van der Waals surface area contributed by atoms with E-state index in [0.29, 0.717) is 5.56 Å². The molecular weight excluding hydrogens is 363 g/mol. The van der Waals surface area contributed by atoms with Crippen LogP contribution in [0.1, 0.15) is 17.2 Å². The fourth-order valence-corrected chi connectivity index (χ4v) is 3.98. The normalized spacial score (nSPS) is 12.8. The number of aliphatic hydroxyl groups is 1. The molecular formula is C15H9BrClFOS. The highest BCUT2D eigenvalue weighted by molar-refractivity contribution is 9.10. The highest BCUT2D eigenvalue weighted by atomic mass is 79.9. The van der Waals surface area contributed by atoms with E-state index in [9.17, 15) is 9.50 Å². The van der Waals surface area contributed by atoms with Crippen LogP contribution < -0.4 is 0 Å². The van der Waals surface area contributed by atoms with Crippen LogP contribution in [-0.4, -0.2) is 5.11 Å². The SMILES string of the molecule is OC(c1cccc(Cl)c1F)c1csc2c(Br)cccc12. The maximum atomic E-state index is 14.0. The van der Waals surface area contributed by atoms with E-state index in [1.54, 1.807) is 12.1 Å². The highest BCUT2D eigenvalue weighted by Gasteiger charge is 2.20. The molecule has 5 heteroatoms. The summed E-state index contributed by atoms with van der Waals surface area (Å²) in [6, 6.07) is 10.4. The van der Waals surface area contributed by atoms with E-state index in [4.69, 9.17) is 11.6 Å². The molecule has 0 saturated carbocycles. The Bertz CT molecular complexity index is 787. The van der Waals surface area contributed by atoms with Gasteiger partial charge in [-0.25, -0.2) is 4.39 Å². The van der Waals surface area contributed by atoms with Gasteiger partial charge in [-0.15, -0.1) is 11.3 Å². The largest absolute Gasteiger partial charge is 0.383 e. The number of fused-ring (bicyclic) bond motifs is 1. The van der Waals surface area contributed by atoms with Crippen LogP contribution in [0.3, 0.4) is 0 Å². The fraction of sp³-hybridized carbons (Fsp3) is 0.0667. The van der Waals surface area contributed by atoms with Gasteiger partial charge in [0.05, 0.1) is 5.02 Å². The zero-order valence-electron chi connectivity index (χ0n) is 10.1. The summed E-state index contributed by atoms with van der Waals surface area (Å²) in [6.45, 7) is 0. The molecule has 20 heavy (non-hydrogen) atoms. The van der Waals surface area contributed by atoms with E-state index in [1.807, 2.05) is 23.6 Å². The Labute approximate surface area is 132 Å². The number of hydrogen-bond acceptors (Lipinski definition) is 2. The van der Waals surface area contributed by atoms with Crippen molar-refractivity contribution in [2.45, 2.75) is 6.10 Å². The van der Waals surface area contributed by atoms with E-state index in [1.165, 1.54) is 17.4 Å². The Balaban J connectivity index is 2.16. The predicted octanol–water partition coefficient (Wildman–Crippen LogP) is 5.54. The molecule has 1 unspecified atom stereocenters. The first-order valence-corrected chi connectivity index (χ1v) is 7.92. The van der Waals surface area contributed by atoms with Crippen molar-refractivity contribution >= 4 is 49.0 Å². The molecule has 1 N–H and O–H groups in total. The van der Waals surface area contributed by atoms with E-state index in [2.05, 4.69) is 15.9 Å². The van der Waals surface area contributed by atoms with E-state index in [-0.39, 0.29) is 10.6 Å². The third kappa shape index (κ3) is 2.27. The van der Waals surface area contributed by atoms with Crippen LogP contribution in [0.15, 0.2) is 46.3 Å². The fourth-order valence-electron chi connectivity index (χ4n) is 2.15. The van der Waals surface area contributed by atoms with Crippen LogP contribution in [0.5, 0.6) is 0 Å². The Morgan fingerprint density at radius 3 is 2.70 bits per heavy atom. The molecule has 3 aromatic rings. The van der Waals surface area contributed by atoms with Gasteiger partial charge in [0.15, 0.2) is 0 Å². The summed E-state index contributed by atoms with van der Waals surface area (Å²) in [4.78, 5) is 0. The average Bonchev–Trinajstić information content (AvgIpc) is 2.86. The number of hydrogen-bond donors (Lipinski definition) is 1. The minimum atomic E-state index is -1.03. The van der Waals surface area contributed by atoms with Crippen LogP contribution in [0.2, 0.25) is 5.02 Å². The molecule has 0 bridgehead atoms. The Morgan fingerprint density at radius 2 is 1.90 bits per heavy atom. The molecule has 1 aromatic heterocycles. The van der Waals surface area contributed by atoms with Crippen molar-refractivity contribution in [1.29, 1.82) is 0 Å². The lowest BCUT2D eigenvalue weighted by Gasteiger charge is -2.12. The molecule has 3 rings (SSSR count). The molecule has 0 saturated heterocycles.